The summed E-state index contributed by atoms with van der Waals surface area (Å²) in [4.78, 5) is 12.9. The van der Waals surface area contributed by atoms with Crippen molar-refractivity contribution >= 4 is 23.5 Å². The lowest BCUT2D eigenvalue weighted by Gasteiger charge is -2.05. The molecule has 0 saturated heterocycles. The minimum absolute atomic E-state index is 0.611. The van der Waals surface area contributed by atoms with E-state index in [1.54, 1.807) is 24.5 Å². The fraction of sp³-hybridized carbons (Fsp3) is 0.118. The molecular formula is C17H12F3N3S. The van der Waals surface area contributed by atoms with Gasteiger partial charge in [0.05, 0.1) is 23.7 Å². The standard InChI is InChI=1S/C17H12F3N3S/c1-11-10-24-16(22-11)15-9-21-8-14(23-15)7-4-12-2-5-13(6-3-12)17(18,19)20/h2-10H,1H3/b7-4+. The van der Waals surface area contributed by atoms with E-state index in [9.17, 15) is 13.2 Å². The Kier molecular flexibility index (Phi) is 4.44. The van der Waals surface area contributed by atoms with Gasteiger partial charge in [-0.2, -0.15) is 13.2 Å². The first-order valence-corrected chi connectivity index (χ1v) is 7.90. The molecule has 0 aliphatic carbocycles. The molecule has 0 amide bonds. The lowest BCUT2D eigenvalue weighted by atomic mass is 10.1. The zero-order valence-corrected chi connectivity index (χ0v) is 13.4. The first kappa shape index (κ1) is 16.3. The minimum Gasteiger partial charge on any atom is -0.260 e. The van der Waals surface area contributed by atoms with Crippen LogP contribution in [0.3, 0.4) is 0 Å². The van der Waals surface area contributed by atoms with Crippen LogP contribution in [-0.4, -0.2) is 15.0 Å². The van der Waals surface area contributed by atoms with Crippen LogP contribution in [0.4, 0.5) is 13.2 Å². The highest BCUT2D eigenvalue weighted by Gasteiger charge is 2.29. The second-order valence-corrected chi connectivity index (χ2v) is 5.93. The molecule has 0 N–H and O–H groups in total. The average molecular weight is 347 g/mol. The molecule has 2 heterocycles. The summed E-state index contributed by atoms with van der Waals surface area (Å²) in [6, 6.07) is 4.95. The van der Waals surface area contributed by atoms with Gasteiger partial charge >= 0.3 is 6.18 Å². The van der Waals surface area contributed by atoms with Gasteiger partial charge in [-0.3, -0.25) is 4.98 Å². The topological polar surface area (TPSA) is 38.7 Å². The van der Waals surface area contributed by atoms with Gasteiger partial charge in [0.1, 0.15) is 10.7 Å². The fourth-order valence-corrected chi connectivity index (χ4v) is 2.75. The number of alkyl halides is 3. The van der Waals surface area contributed by atoms with E-state index in [0.29, 0.717) is 17.0 Å². The molecular weight excluding hydrogens is 335 g/mol. The lowest BCUT2D eigenvalue weighted by Crippen LogP contribution is -2.03. The lowest BCUT2D eigenvalue weighted by molar-refractivity contribution is -0.137. The average Bonchev–Trinajstić information content (AvgIpc) is 2.99. The van der Waals surface area contributed by atoms with Gasteiger partial charge in [-0.25, -0.2) is 9.97 Å². The van der Waals surface area contributed by atoms with Crippen molar-refractivity contribution in [2.75, 3.05) is 0 Å². The number of hydrogen-bond donors (Lipinski definition) is 0. The number of benzene rings is 1. The van der Waals surface area contributed by atoms with Crippen molar-refractivity contribution in [2.24, 2.45) is 0 Å². The maximum atomic E-state index is 12.5. The van der Waals surface area contributed by atoms with Crippen molar-refractivity contribution in [1.29, 1.82) is 0 Å². The van der Waals surface area contributed by atoms with Crippen molar-refractivity contribution in [3.8, 4) is 10.7 Å². The quantitative estimate of drug-likeness (QED) is 0.662. The second kappa shape index (κ2) is 6.52. The number of thiazole rings is 1. The molecule has 0 fully saturated rings. The highest BCUT2D eigenvalue weighted by atomic mass is 32.1. The zero-order valence-electron chi connectivity index (χ0n) is 12.6. The molecule has 0 aliphatic rings. The molecule has 1 aromatic carbocycles. The van der Waals surface area contributed by atoms with E-state index in [0.717, 1.165) is 22.8 Å². The first-order valence-electron chi connectivity index (χ1n) is 7.02. The molecule has 24 heavy (non-hydrogen) atoms. The van der Waals surface area contributed by atoms with Gasteiger partial charge in [0, 0.05) is 11.1 Å². The number of rotatable bonds is 3. The summed E-state index contributed by atoms with van der Waals surface area (Å²) in [5.74, 6) is 0. The molecule has 3 nitrogen and oxygen atoms in total. The summed E-state index contributed by atoms with van der Waals surface area (Å²) in [5, 5.41) is 2.71. The molecule has 0 unspecified atom stereocenters. The van der Waals surface area contributed by atoms with Gasteiger partial charge in [-0.15, -0.1) is 11.3 Å². The van der Waals surface area contributed by atoms with Crippen molar-refractivity contribution in [3.63, 3.8) is 0 Å². The summed E-state index contributed by atoms with van der Waals surface area (Å²) in [7, 11) is 0. The summed E-state index contributed by atoms with van der Waals surface area (Å²) in [6.45, 7) is 1.90. The Morgan fingerprint density at radius 1 is 1.00 bits per heavy atom. The molecule has 3 aromatic rings. The summed E-state index contributed by atoms with van der Waals surface area (Å²) in [6.07, 6.45) is 2.30. The predicted octanol–water partition coefficient (Wildman–Crippen LogP) is 5.10. The van der Waals surface area contributed by atoms with Crippen LogP contribution in [0, 0.1) is 6.92 Å². The van der Waals surface area contributed by atoms with E-state index in [1.807, 2.05) is 12.3 Å². The molecule has 0 atom stereocenters. The van der Waals surface area contributed by atoms with Gasteiger partial charge in [0.25, 0.3) is 0 Å². The van der Waals surface area contributed by atoms with E-state index in [-0.39, 0.29) is 0 Å². The molecule has 3 rings (SSSR count). The molecule has 0 spiro atoms. The number of aromatic nitrogens is 3. The van der Waals surface area contributed by atoms with Gasteiger partial charge in [-0.1, -0.05) is 18.2 Å². The van der Waals surface area contributed by atoms with Gasteiger partial charge in [0.2, 0.25) is 0 Å². The molecule has 0 bridgehead atoms. The Morgan fingerprint density at radius 3 is 2.38 bits per heavy atom. The highest BCUT2D eigenvalue weighted by molar-refractivity contribution is 7.13. The number of nitrogens with zero attached hydrogens (tertiary/aromatic N) is 3. The number of halogens is 3. The Balaban J connectivity index is 1.79. The Bertz CT molecular complexity index is 867. The van der Waals surface area contributed by atoms with Crippen molar-refractivity contribution in [1.82, 2.24) is 15.0 Å². The molecule has 0 saturated carbocycles. The van der Waals surface area contributed by atoms with Crippen LogP contribution >= 0.6 is 11.3 Å². The maximum Gasteiger partial charge on any atom is 0.416 e. The second-order valence-electron chi connectivity index (χ2n) is 5.08. The Hall–Kier alpha value is -2.54. The van der Waals surface area contributed by atoms with E-state index in [2.05, 4.69) is 15.0 Å². The summed E-state index contributed by atoms with van der Waals surface area (Å²) < 4.78 is 37.6. The third-order valence-corrected chi connectivity index (χ3v) is 4.16. The predicted molar refractivity (Wildman–Crippen MR) is 88.2 cm³/mol. The van der Waals surface area contributed by atoms with Gasteiger partial charge in [-0.05, 0) is 30.7 Å². The van der Waals surface area contributed by atoms with Crippen molar-refractivity contribution in [3.05, 3.63) is 64.6 Å². The van der Waals surface area contributed by atoms with Crippen LogP contribution < -0.4 is 0 Å². The molecule has 0 aliphatic heterocycles. The third kappa shape index (κ3) is 3.86. The largest absolute Gasteiger partial charge is 0.416 e. The van der Waals surface area contributed by atoms with E-state index in [1.165, 1.54) is 23.5 Å². The smallest absolute Gasteiger partial charge is 0.260 e. The third-order valence-electron chi connectivity index (χ3n) is 3.18. The van der Waals surface area contributed by atoms with Crippen LogP contribution in [0.15, 0.2) is 42.0 Å². The molecule has 0 radical (unpaired) electrons. The van der Waals surface area contributed by atoms with E-state index in [4.69, 9.17) is 0 Å². The van der Waals surface area contributed by atoms with E-state index >= 15 is 0 Å². The van der Waals surface area contributed by atoms with Crippen molar-refractivity contribution < 1.29 is 13.2 Å². The summed E-state index contributed by atoms with van der Waals surface area (Å²) in [5.41, 5.74) is 2.19. The minimum atomic E-state index is -4.33. The van der Waals surface area contributed by atoms with Gasteiger partial charge < -0.3 is 0 Å². The number of hydrogen-bond acceptors (Lipinski definition) is 4. The summed E-state index contributed by atoms with van der Waals surface area (Å²) >= 11 is 1.49. The van der Waals surface area contributed by atoms with Crippen LogP contribution in [0.25, 0.3) is 22.9 Å². The highest BCUT2D eigenvalue weighted by Crippen LogP contribution is 2.29. The van der Waals surface area contributed by atoms with Crippen molar-refractivity contribution in [2.45, 2.75) is 13.1 Å². The van der Waals surface area contributed by atoms with Crippen LogP contribution in [-0.2, 0) is 6.18 Å². The van der Waals surface area contributed by atoms with Crippen LogP contribution in [0.1, 0.15) is 22.5 Å². The normalized spacial score (nSPS) is 12.0. The molecule has 122 valence electrons. The molecule has 7 heteroatoms. The number of aryl methyl sites for hydroxylation is 1. The first-order chi connectivity index (χ1) is 11.4. The maximum absolute atomic E-state index is 12.5. The SMILES string of the molecule is Cc1csc(-c2cncc(/C=C/c3ccc(C(F)(F)F)cc3)n2)n1. The Morgan fingerprint density at radius 2 is 1.75 bits per heavy atom. The molecule has 2 aromatic heterocycles. The van der Waals surface area contributed by atoms with Crippen LogP contribution in [0.5, 0.6) is 0 Å². The zero-order chi connectivity index (χ0) is 17.2. The van der Waals surface area contributed by atoms with Gasteiger partial charge in [0.15, 0.2) is 0 Å². The van der Waals surface area contributed by atoms with Crippen LogP contribution in [0.2, 0.25) is 0 Å². The van der Waals surface area contributed by atoms with E-state index < -0.39 is 11.7 Å². The fourth-order valence-electron chi connectivity index (χ4n) is 2.00. The Labute approximate surface area is 140 Å². The monoisotopic (exact) mass is 347 g/mol.